The molecule has 168 valence electrons. The van der Waals surface area contributed by atoms with Crippen LogP contribution in [0.5, 0.6) is 0 Å². The largest absolute Gasteiger partial charge is 0.462 e. The van der Waals surface area contributed by atoms with Gasteiger partial charge in [0.1, 0.15) is 4.88 Å². The molecule has 1 aromatic carbocycles. The Morgan fingerprint density at radius 2 is 2.12 bits per heavy atom. The standard InChI is InChI=1S/C20H19Cl2N5O3S2/c1-4-8-27-17(13-7-6-12(21)9-14(13)22)25-26-20(27)31-10-15(28)24-19-23-11(3)16(32-19)18(29)30-5-2/h4,6-7,9H,1,5,8,10H2,2-3H3,(H,23,24,28). The number of hydrogen-bond donors (Lipinski definition) is 1. The smallest absolute Gasteiger partial charge is 0.350 e. The lowest BCUT2D eigenvalue weighted by molar-refractivity contribution is -0.113. The van der Waals surface area contributed by atoms with Crippen LogP contribution >= 0.6 is 46.3 Å². The molecule has 3 aromatic rings. The van der Waals surface area contributed by atoms with Crippen LogP contribution in [0.4, 0.5) is 5.13 Å². The summed E-state index contributed by atoms with van der Waals surface area (Å²) in [5.41, 5.74) is 1.18. The Morgan fingerprint density at radius 3 is 2.81 bits per heavy atom. The summed E-state index contributed by atoms with van der Waals surface area (Å²) in [5.74, 6) is -0.137. The molecule has 2 heterocycles. The van der Waals surface area contributed by atoms with Gasteiger partial charge in [0.25, 0.3) is 0 Å². The lowest BCUT2D eigenvalue weighted by Crippen LogP contribution is -2.14. The minimum absolute atomic E-state index is 0.0665. The number of carbonyl (C=O) groups excluding carboxylic acids is 2. The van der Waals surface area contributed by atoms with Gasteiger partial charge in [-0.25, -0.2) is 9.78 Å². The molecule has 0 aliphatic carbocycles. The number of anilines is 1. The predicted octanol–water partition coefficient (Wildman–Crippen LogP) is 5.11. The molecule has 8 nitrogen and oxygen atoms in total. The summed E-state index contributed by atoms with van der Waals surface area (Å²) < 4.78 is 6.81. The Bertz CT molecular complexity index is 1160. The van der Waals surface area contributed by atoms with Gasteiger partial charge in [-0.15, -0.1) is 16.8 Å². The summed E-state index contributed by atoms with van der Waals surface area (Å²) in [7, 11) is 0. The van der Waals surface area contributed by atoms with Crippen molar-refractivity contribution < 1.29 is 14.3 Å². The molecule has 0 fully saturated rings. The van der Waals surface area contributed by atoms with Crippen molar-refractivity contribution >= 4 is 63.3 Å². The second kappa shape index (κ2) is 11.0. The number of carbonyl (C=O) groups is 2. The van der Waals surface area contributed by atoms with Crippen LogP contribution in [0.3, 0.4) is 0 Å². The molecule has 0 unspecified atom stereocenters. The van der Waals surface area contributed by atoms with Gasteiger partial charge in [-0.1, -0.05) is 52.4 Å². The summed E-state index contributed by atoms with van der Waals surface area (Å²) in [5, 5.41) is 13.0. The van der Waals surface area contributed by atoms with Crippen molar-refractivity contribution in [2.24, 2.45) is 0 Å². The minimum atomic E-state index is -0.455. The maximum Gasteiger partial charge on any atom is 0.350 e. The molecule has 0 saturated carbocycles. The van der Waals surface area contributed by atoms with Gasteiger partial charge in [0.2, 0.25) is 5.91 Å². The van der Waals surface area contributed by atoms with Gasteiger partial charge in [0, 0.05) is 17.1 Å². The van der Waals surface area contributed by atoms with E-state index in [1.54, 1.807) is 38.1 Å². The van der Waals surface area contributed by atoms with Gasteiger partial charge in [0.05, 0.1) is 23.1 Å². The fraction of sp³-hybridized carbons (Fsp3) is 0.250. The summed E-state index contributed by atoms with van der Waals surface area (Å²) in [6, 6.07) is 5.12. The molecule has 32 heavy (non-hydrogen) atoms. The van der Waals surface area contributed by atoms with Crippen LogP contribution in [-0.2, 0) is 16.1 Å². The van der Waals surface area contributed by atoms with E-state index in [9.17, 15) is 9.59 Å². The van der Waals surface area contributed by atoms with E-state index >= 15 is 0 Å². The molecular formula is C20H19Cl2N5O3S2. The average Bonchev–Trinajstić information content (AvgIpc) is 3.30. The molecule has 12 heteroatoms. The molecule has 0 aliphatic rings. The quantitative estimate of drug-likeness (QED) is 0.242. The predicted molar refractivity (Wildman–Crippen MR) is 128 cm³/mol. The van der Waals surface area contributed by atoms with Crippen LogP contribution in [0.15, 0.2) is 36.0 Å². The number of aromatic nitrogens is 4. The zero-order valence-electron chi connectivity index (χ0n) is 17.2. The monoisotopic (exact) mass is 511 g/mol. The minimum Gasteiger partial charge on any atom is -0.462 e. The first-order chi connectivity index (χ1) is 15.3. The first-order valence-corrected chi connectivity index (χ1v) is 12.0. The van der Waals surface area contributed by atoms with Gasteiger partial charge in [-0.05, 0) is 32.0 Å². The molecule has 0 aliphatic heterocycles. The third kappa shape index (κ3) is 5.69. The number of esters is 1. The second-order valence-electron chi connectivity index (χ2n) is 6.32. The first-order valence-electron chi connectivity index (χ1n) is 9.40. The molecule has 0 bridgehead atoms. The molecule has 3 rings (SSSR count). The summed E-state index contributed by atoms with van der Waals surface area (Å²) >= 11 is 14.6. The number of allylic oxidation sites excluding steroid dienone is 1. The molecule has 0 radical (unpaired) electrons. The molecule has 2 aromatic heterocycles. The number of amides is 1. The van der Waals surface area contributed by atoms with Crippen molar-refractivity contribution in [2.75, 3.05) is 17.7 Å². The molecule has 0 atom stereocenters. The fourth-order valence-corrected chi connectivity index (χ4v) is 4.80. The van der Waals surface area contributed by atoms with E-state index in [1.807, 2.05) is 4.57 Å². The Morgan fingerprint density at radius 1 is 1.34 bits per heavy atom. The Kier molecular flexibility index (Phi) is 8.30. The van der Waals surface area contributed by atoms with Gasteiger partial charge in [0.15, 0.2) is 16.1 Å². The van der Waals surface area contributed by atoms with E-state index in [4.69, 9.17) is 27.9 Å². The van der Waals surface area contributed by atoms with Crippen LogP contribution in [0.25, 0.3) is 11.4 Å². The van der Waals surface area contributed by atoms with Crippen LogP contribution in [0, 0.1) is 6.92 Å². The van der Waals surface area contributed by atoms with Gasteiger partial charge >= 0.3 is 5.97 Å². The molecular weight excluding hydrogens is 493 g/mol. The number of hydrogen-bond acceptors (Lipinski definition) is 8. The van der Waals surface area contributed by atoms with E-state index in [1.165, 1.54) is 11.8 Å². The van der Waals surface area contributed by atoms with E-state index in [2.05, 4.69) is 27.1 Å². The van der Waals surface area contributed by atoms with Crippen LogP contribution in [0.1, 0.15) is 22.3 Å². The van der Waals surface area contributed by atoms with Crippen LogP contribution in [0.2, 0.25) is 10.0 Å². The molecule has 1 N–H and O–H groups in total. The second-order valence-corrected chi connectivity index (χ2v) is 9.11. The number of benzene rings is 1. The first kappa shape index (κ1) is 24.2. The maximum atomic E-state index is 12.4. The van der Waals surface area contributed by atoms with Crippen molar-refractivity contribution in [1.82, 2.24) is 19.7 Å². The third-order valence-corrected chi connectivity index (χ3v) is 6.60. The number of thiazole rings is 1. The zero-order valence-corrected chi connectivity index (χ0v) is 20.4. The van der Waals surface area contributed by atoms with Gasteiger partial charge in [-0.3, -0.25) is 9.36 Å². The number of nitrogens with one attached hydrogen (secondary N) is 1. The summed E-state index contributed by atoms with van der Waals surface area (Å²) in [4.78, 5) is 29.0. The maximum absolute atomic E-state index is 12.4. The normalized spacial score (nSPS) is 10.8. The fourth-order valence-electron chi connectivity index (χ4n) is 2.68. The van der Waals surface area contributed by atoms with E-state index in [-0.39, 0.29) is 18.3 Å². The van der Waals surface area contributed by atoms with Crippen LogP contribution in [-0.4, -0.2) is 44.0 Å². The number of aryl methyl sites for hydroxylation is 1. The highest BCUT2D eigenvalue weighted by Crippen LogP contribution is 2.31. The number of nitrogens with zero attached hydrogens (tertiary/aromatic N) is 4. The van der Waals surface area contributed by atoms with Crippen molar-refractivity contribution in [3.8, 4) is 11.4 Å². The number of thioether (sulfide) groups is 1. The van der Waals surface area contributed by atoms with Crippen LogP contribution < -0.4 is 5.32 Å². The lowest BCUT2D eigenvalue weighted by Gasteiger charge is -2.09. The van der Waals surface area contributed by atoms with Gasteiger partial charge < -0.3 is 10.1 Å². The van der Waals surface area contributed by atoms with Crippen molar-refractivity contribution in [3.63, 3.8) is 0 Å². The summed E-state index contributed by atoms with van der Waals surface area (Å²) in [6.45, 7) is 7.89. The van der Waals surface area contributed by atoms with E-state index < -0.39 is 5.97 Å². The third-order valence-electron chi connectivity index (χ3n) is 4.04. The molecule has 0 spiro atoms. The zero-order chi connectivity index (χ0) is 23.3. The van der Waals surface area contributed by atoms with Crippen molar-refractivity contribution in [3.05, 3.63) is 51.5 Å². The highest BCUT2D eigenvalue weighted by molar-refractivity contribution is 7.99. The lowest BCUT2D eigenvalue weighted by atomic mass is 10.2. The highest BCUT2D eigenvalue weighted by atomic mass is 35.5. The van der Waals surface area contributed by atoms with Gasteiger partial charge in [-0.2, -0.15) is 0 Å². The number of ether oxygens (including phenoxy) is 1. The topological polar surface area (TPSA) is 99.0 Å². The average molecular weight is 512 g/mol. The Labute approximate surface area is 203 Å². The highest BCUT2D eigenvalue weighted by Gasteiger charge is 2.19. The number of halogens is 2. The Balaban J connectivity index is 1.71. The SMILES string of the molecule is C=CCn1c(SCC(=O)Nc2nc(C)c(C(=O)OCC)s2)nnc1-c1ccc(Cl)cc1Cl. The summed E-state index contributed by atoms with van der Waals surface area (Å²) in [6.07, 6.45) is 1.70. The van der Waals surface area contributed by atoms with Crippen molar-refractivity contribution in [2.45, 2.75) is 25.5 Å². The number of rotatable bonds is 9. The molecule has 1 amide bonds. The molecule has 0 saturated heterocycles. The van der Waals surface area contributed by atoms with E-state index in [0.29, 0.717) is 48.8 Å². The van der Waals surface area contributed by atoms with Crippen molar-refractivity contribution in [1.29, 1.82) is 0 Å². The Hall–Kier alpha value is -2.40. The van der Waals surface area contributed by atoms with E-state index in [0.717, 1.165) is 11.3 Å².